The molecule has 1 fully saturated rings. The number of nitrogens with one attached hydrogen (secondary N) is 1. The van der Waals surface area contributed by atoms with Gasteiger partial charge in [-0.3, -0.25) is 0 Å². The molecule has 4 aromatic rings. The maximum absolute atomic E-state index is 11.1. The predicted molar refractivity (Wildman–Crippen MR) is 124 cm³/mol. The molecule has 0 spiro atoms. The van der Waals surface area contributed by atoms with Gasteiger partial charge in [0.1, 0.15) is 0 Å². The summed E-state index contributed by atoms with van der Waals surface area (Å²) in [6.45, 7) is 1.16. The van der Waals surface area contributed by atoms with Crippen LogP contribution in [0.25, 0.3) is 16.8 Å². The number of piperidine rings is 1. The third-order valence-electron chi connectivity index (χ3n) is 6.02. The van der Waals surface area contributed by atoms with Crippen molar-refractivity contribution in [2.24, 2.45) is 0 Å². The molecule has 0 atom stereocenters. The van der Waals surface area contributed by atoms with Crippen LogP contribution in [0.3, 0.4) is 0 Å². The van der Waals surface area contributed by atoms with E-state index in [2.05, 4.69) is 27.5 Å². The minimum atomic E-state index is -0.835. The number of carboxylic acid groups (broad SMARTS) is 1. The highest BCUT2D eigenvalue weighted by Crippen LogP contribution is 2.32. The molecule has 0 unspecified atom stereocenters. The SMILES string of the molecule is COc1ncccc1-c1cccn2nc(Nc3ccc(C4CCN(C(=O)O)CC4)cc3)nc12. The molecule has 5 rings (SSSR count). The molecule has 0 radical (unpaired) electrons. The molecule has 0 saturated carbocycles. The van der Waals surface area contributed by atoms with E-state index in [0.29, 0.717) is 36.5 Å². The van der Waals surface area contributed by atoms with E-state index < -0.39 is 6.09 Å². The topological polar surface area (TPSA) is 105 Å². The molecule has 1 aliphatic rings. The van der Waals surface area contributed by atoms with E-state index >= 15 is 0 Å². The summed E-state index contributed by atoms with van der Waals surface area (Å²) in [5.41, 5.74) is 4.54. The van der Waals surface area contributed by atoms with Gasteiger partial charge in [0.25, 0.3) is 0 Å². The molecule has 9 heteroatoms. The second kappa shape index (κ2) is 8.78. The van der Waals surface area contributed by atoms with Gasteiger partial charge in [0.15, 0.2) is 5.65 Å². The zero-order valence-corrected chi connectivity index (χ0v) is 18.2. The zero-order chi connectivity index (χ0) is 22.8. The number of amides is 1. The Hall–Kier alpha value is -4.14. The fraction of sp³-hybridized carbons (Fsp3) is 0.250. The Labute approximate surface area is 190 Å². The highest BCUT2D eigenvalue weighted by Gasteiger charge is 2.23. The van der Waals surface area contributed by atoms with E-state index in [1.165, 1.54) is 10.5 Å². The number of fused-ring (bicyclic) bond motifs is 1. The van der Waals surface area contributed by atoms with Crippen molar-refractivity contribution in [3.05, 3.63) is 66.5 Å². The van der Waals surface area contributed by atoms with Crippen molar-refractivity contribution in [3.63, 3.8) is 0 Å². The van der Waals surface area contributed by atoms with E-state index in [-0.39, 0.29) is 0 Å². The van der Waals surface area contributed by atoms with Gasteiger partial charge in [0.05, 0.1) is 7.11 Å². The minimum Gasteiger partial charge on any atom is -0.481 e. The summed E-state index contributed by atoms with van der Waals surface area (Å²) in [6.07, 6.45) is 4.39. The predicted octanol–water partition coefficient (Wildman–Crippen LogP) is 4.40. The molecular formula is C24H24N6O3. The lowest BCUT2D eigenvalue weighted by Crippen LogP contribution is -2.36. The molecule has 1 aliphatic heterocycles. The first-order valence-corrected chi connectivity index (χ1v) is 10.8. The van der Waals surface area contributed by atoms with Crippen LogP contribution in [-0.2, 0) is 0 Å². The molecule has 4 heterocycles. The monoisotopic (exact) mass is 444 g/mol. The fourth-order valence-corrected chi connectivity index (χ4v) is 4.30. The molecular weight excluding hydrogens is 420 g/mol. The van der Waals surface area contributed by atoms with E-state index in [0.717, 1.165) is 29.7 Å². The zero-order valence-electron chi connectivity index (χ0n) is 18.2. The molecule has 2 N–H and O–H groups in total. The molecule has 3 aromatic heterocycles. The van der Waals surface area contributed by atoms with Crippen LogP contribution in [0.5, 0.6) is 5.88 Å². The lowest BCUT2D eigenvalue weighted by atomic mass is 9.89. The molecule has 168 valence electrons. The number of pyridine rings is 2. The smallest absolute Gasteiger partial charge is 0.407 e. The van der Waals surface area contributed by atoms with Gasteiger partial charge in [-0.25, -0.2) is 14.3 Å². The number of carbonyl (C=O) groups is 1. The third-order valence-corrected chi connectivity index (χ3v) is 6.02. The van der Waals surface area contributed by atoms with Crippen molar-refractivity contribution >= 4 is 23.4 Å². The maximum atomic E-state index is 11.1. The molecule has 9 nitrogen and oxygen atoms in total. The van der Waals surface area contributed by atoms with Crippen LogP contribution >= 0.6 is 0 Å². The average Bonchev–Trinajstić information content (AvgIpc) is 3.27. The Morgan fingerprint density at radius 2 is 1.85 bits per heavy atom. The highest BCUT2D eigenvalue weighted by atomic mass is 16.5. The van der Waals surface area contributed by atoms with Crippen molar-refractivity contribution in [2.75, 3.05) is 25.5 Å². The second-order valence-corrected chi connectivity index (χ2v) is 7.98. The van der Waals surface area contributed by atoms with Crippen LogP contribution in [-0.4, -0.2) is 55.9 Å². The van der Waals surface area contributed by atoms with E-state index in [1.54, 1.807) is 17.8 Å². The van der Waals surface area contributed by atoms with Crippen LogP contribution in [0, 0.1) is 0 Å². The van der Waals surface area contributed by atoms with E-state index in [1.807, 2.05) is 42.6 Å². The summed E-state index contributed by atoms with van der Waals surface area (Å²) in [6, 6.07) is 15.9. The summed E-state index contributed by atoms with van der Waals surface area (Å²) in [4.78, 5) is 21.6. The number of nitrogens with zero attached hydrogens (tertiary/aromatic N) is 5. The van der Waals surface area contributed by atoms with E-state index in [4.69, 9.17) is 14.8 Å². The first-order chi connectivity index (χ1) is 16.1. The highest BCUT2D eigenvalue weighted by molar-refractivity contribution is 5.81. The van der Waals surface area contributed by atoms with Crippen molar-refractivity contribution in [1.29, 1.82) is 0 Å². The van der Waals surface area contributed by atoms with Gasteiger partial charge in [-0.05, 0) is 60.7 Å². The summed E-state index contributed by atoms with van der Waals surface area (Å²) in [5.74, 6) is 1.40. The molecule has 1 amide bonds. The van der Waals surface area contributed by atoms with Gasteiger partial charge in [0.2, 0.25) is 11.8 Å². The summed E-state index contributed by atoms with van der Waals surface area (Å²) >= 11 is 0. The number of rotatable bonds is 5. The molecule has 1 aromatic carbocycles. The largest absolute Gasteiger partial charge is 0.481 e. The minimum absolute atomic E-state index is 0.375. The van der Waals surface area contributed by atoms with Crippen LogP contribution in [0.2, 0.25) is 0 Å². The number of hydrogen-bond donors (Lipinski definition) is 2. The van der Waals surface area contributed by atoms with Gasteiger partial charge < -0.3 is 20.1 Å². The quantitative estimate of drug-likeness (QED) is 0.470. The summed E-state index contributed by atoms with van der Waals surface area (Å²) in [5, 5.41) is 17.0. The Balaban J connectivity index is 1.34. The number of ether oxygens (including phenoxy) is 1. The average molecular weight is 444 g/mol. The number of likely N-dealkylation sites (tertiary alicyclic amines) is 1. The Morgan fingerprint density at radius 1 is 1.09 bits per heavy atom. The van der Waals surface area contributed by atoms with Gasteiger partial charge in [0, 0.05) is 42.3 Å². The Morgan fingerprint density at radius 3 is 2.58 bits per heavy atom. The second-order valence-electron chi connectivity index (χ2n) is 7.98. The van der Waals surface area contributed by atoms with Gasteiger partial charge in [-0.2, -0.15) is 4.98 Å². The molecule has 0 bridgehead atoms. The molecule has 33 heavy (non-hydrogen) atoms. The van der Waals surface area contributed by atoms with Crippen molar-refractivity contribution in [2.45, 2.75) is 18.8 Å². The lowest BCUT2D eigenvalue weighted by Gasteiger charge is -2.30. The van der Waals surface area contributed by atoms with Crippen LogP contribution in [0.15, 0.2) is 60.9 Å². The number of methoxy groups -OCH3 is 1. The maximum Gasteiger partial charge on any atom is 0.407 e. The standard InChI is InChI=1S/C24H24N6O3/c1-33-22-20(4-2-12-25-22)19-5-3-13-30-21(19)27-23(28-30)26-18-8-6-16(7-9-18)17-10-14-29(15-11-17)24(31)32/h2-9,12-13,17H,10-11,14-15H2,1H3,(H,26,28)(H,31,32). The summed E-state index contributed by atoms with van der Waals surface area (Å²) in [7, 11) is 1.60. The Kier molecular flexibility index (Phi) is 5.52. The van der Waals surface area contributed by atoms with Crippen LogP contribution in [0.1, 0.15) is 24.3 Å². The van der Waals surface area contributed by atoms with Gasteiger partial charge >= 0.3 is 6.09 Å². The summed E-state index contributed by atoms with van der Waals surface area (Å²) < 4.78 is 7.14. The Bertz CT molecular complexity index is 1280. The van der Waals surface area contributed by atoms with Crippen LogP contribution < -0.4 is 10.1 Å². The van der Waals surface area contributed by atoms with E-state index in [9.17, 15) is 4.79 Å². The normalized spacial score (nSPS) is 14.4. The number of aromatic nitrogens is 4. The molecule has 1 saturated heterocycles. The van der Waals surface area contributed by atoms with Crippen LogP contribution in [0.4, 0.5) is 16.4 Å². The van der Waals surface area contributed by atoms with Gasteiger partial charge in [-0.15, -0.1) is 5.10 Å². The fourth-order valence-electron chi connectivity index (χ4n) is 4.30. The first-order valence-electron chi connectivity index (χ1n) is 10.8. The molecule has 0 aliphatic carbocycles. The number of hydrogen-bond acceptors (Lipinski definition) is 6. The van der Waals surface area contributed by atoms with Crippen molar-refractivity contribution in [3.8, 4) is 17.0 Å². The van der Waals surface area contributed by atoms with Crippen molar-refractivity contribution < 1.29 is 14.6 Å². The van der Waals surface area contributed by atoms with Gasteiger partial charge in [-0.1, -0.05) is 12.1 Å². The first kappa shape index (κ1) is 20.7. The number of benzene rings is 1. The lowest BCUT2D eigenvalue weighted by molar-refractivity contribution is 0.132. The number of anilines is 2. The van der Waals surface area contributed by atoms with Crippen molar-refractivity contribution in [1.82, 2.24) is 24.5 Å². The third kappa shape index (κ3) is 4.17.